The molecule has 0 N–H and O–H groups in total. The molecule has 0 radical (unpaired) electrons. The lowest BCUT2D eigenvalue weighted by molar-refractivity contribution is 0.104. The molecule has 4 heteroatoms. The summed E-state index contributed by atoms with van der Waals surface area (Å²) in [5.41, 5.74) is 1.94. The SMILES string of the molecule is C=CCOC(c1ccc(OCC)cc1)c1cc(Br)ccc1Cl. The molecule has 0 bridgehead atoms. The van der Waals surface area contributed by atoms with E-state index in [-0.39, 0.29) is 6.10 Å². The summed E-state index contributed by atoms with van der Waals surface area (Å²) in [6, 6.07) is 13.6. The lowest BCUT2D eigenvalue weighted by Crippen LogP contribution is -2.07. The van der Waals surface area contributed by atoms with Crippen LogP contribution in [-0.2, 0) is 4.74 Å². The van der Waals surface area contributed by atoms with E-state index in [1.54, 1.807) is 6.08 Å². The van der Waals surface area contributed by atoms with Gasteiger partial charge in [-0.05, 0) is 42.8 Å². The van der Waals surface area contributed by atoms with E-state index >= 15 is 0 Å². The van der Waals surface area contributed by atoms with Crippen molar-refractivity contribution in [3.63, 3.8) is 0 Å². The molecule has 0 spiro atoms. The second-order valence-corrected chi connectivity index (χ2v) is 5.99. The van der Waals surface area contributed by atoms with Gasteiger partial charge in [-0.25, -0.2) is 0 Å². The zero-order chi connectivity index (χ0) is 15.9. The maximum Gasteiger partial charge on any atom is 0.119 e. The first-order chi connectivity index (χ1) is 10.7. The van der Waals surface area contributed by atoms with Crippen LogP contribution in [-0.4, -0.2) is 13.2 Å². The summed E-state index contributed by atoms with van der Waals surface area (Å²) in [7, 11) is 0. The Bertz CT molecular complexity index is 625. The van der Waals surface area contributed by atoms with Gasteiger partial charge in [-0.3, -0.25) is 0 Å². The van der Waals surface area contributed by atoms with Crippen molar-refractivity contribution in [2.24, 2.45) is 0 Å². The van der Waals surface area contributed by atoms with Crippen molar-refractivity contribution in [2.45, 2.75) is 13.0 Å². The highest BCUT2D eigenvalue weighted by molar-refractivity contribution is 9.10. The van der Waals surface area contributed by atoms with E-state index in [1.165, 1.54) is 0 Å². The molecule has 0 aliphatic carbocycles. The molecule has 2 rings (SSSR count). The average molecular weight is 382 g/mol. The molecule has 116 valence electrons. The number of rotatable bonds is 7. The fraction of sp³-hybridized carbons (Fsp3) is 0.222. The Morgan fingerprint density at radius 1 is 1.23 bits per heavy atom. The van der Waals surface area contributed by atoms with Gasteiger partial charge >= 0.3 is 0 Å². The average Bonchev–Trinajstić information content (AvgIpc) is 2.52. The molecule has 1 unspecified atom stereocenters. The van der Waals surface area contributed by atoms with Crippen LogP contribution in [0.4, 0.5) is 0 Å². The molecule has 0 fully saturated rings. The number of hydrogen-bond acceptors (Lipinski definition) is 2. The van der Waals surface area contributed by atoms with E-state index in [1.807, 2.05) is 49.4 Å². The standard InChI is InChI=1S/C18H18BrClO2/c1-3-11-22-18(16-12-14(19)7-10-17(16)20)13-5-8-15(9-6-13)21-4-2/h3,5-10,12,18H,1,4,11H2,2H3. The van der Waals surface area contributed by atoms with Gasteiger partial charge in [0.15, 0.2) is 0 Å². The highest BCUT2D eigenvalue weighted by Crippen LogP contribution is 2.34. The first-order valence-corrected chi connectivity index (χ1v) is 8.23. The lowest BCUT2D eigenvalue weighted by Gasteiger charge is -2.20. The minimum atomic E-state index is -0.251. The molecular formula is C18H18BrClO2. The lowest BCUT2D eigenvalue weighted by atomic mass is 10.0. The van der Waals surface area contributed by atoms with Crippen molar-refractivity contribution in [1.29, 1.82) is 0 Å². The van der Waals surface area contributed by atoms with Crippen LogP contribution in [0.5, 0.6) is 5.75 Å². The zero-order valence-electron chi connectivity index (χ0n) is 12.4. The van der Waals surface area contributed by atoms with Crippen molar-refractivity contribution in [3.8, 4) is 5.75 Å². The molecule has 0 aliphatic heterocycles. The molecule has 2 nitrogen and oxygen atoms in total. The van der Waals surface area contributed by atoms with Crippen LogP contribution in [0.1, 0.15) is 24.2 Å². The topological polar surface area (TPSA) is 18.5 Å². The van der Waals surface area contributed by atoms with E-state index < -0.39 is 0 Å². The molecule has 0 heterocycles. The maximum atomic E-state index is 6.35. The van der Waals surface area contributed by atoms with E-state index in [0.717, 1.165) is 21.3 Å². The summed E-state index contributed by atoms with van der Waals surface area (Å²) in [4.78, 5) is 0. The first kappa shape index (κ1) is 17.1. The minimum Gasteiger partial charge on any atom is -0.494 e. The molecule has 2 aromatic carbocycles. The van der Waals surface area contributed by atoms with Gasteiger partial charge < -0.3 is 9.47 Å². The third-order valence-electron chi connectivity index (χ3n) is 3.12. The Balaban J connectivity index is 2.36. The highest BCUT2D eigenvalue weighted by Gasteiger charge is 2.18. The van der Waals surface area contributed by atoms with E-state index in [9.17, 15) is 0 Å². The van der Waals surface area contributed by atoms with Crippen LogP contribution in [0.3, 0.4) is 0 Å². The monoisotopic (exact) mass is 380 g/mol. The number of benzene rings is 2. The summed E-state index contributed by atoms with van der Waals surface area (Å²) in [6.07, 6.45) is 1.48. The van der Waals surface area contributed by atoms with Gasteiger partial charge in [-0.1, -0.05) is 45.7 Å². The Hall–Kier alpha value is -1.29. The van der Waals surface area contributed by atoms with Crippen molar-refractivity contribution in [3.05, 3.63) is 75.7 Å². The van der Waals surface area contributed by atoms with Crippen molar-refractivity contribution in [2.75, 3.05) is 13.2 Å². The van der Waals surface area contributed by atoms with Crippen LogP contribution in [0, 0.1) is 0 Å². The quantitative estimate of drug-likeness (QED) is 0.565. The second kappa shape index (κ2) is 8.37. The molecule has 0 saturated carbocycles. The van der Waals surface area contributed by atoms with Gasteiger partial charge in [0.2, 0.25) is 0 Å². The largest absolute Gasteiger partial charge is 0.494 e. The zero-order valence-corrected chi connectivity index (χ0v) is 14.7. The third kappa shape index (κ3) is 4.35. The fourth-order valence-electron chi connectivity index (χ4n) is 2.15. The number of ether oxygens (including phenoxy) is 2. The Morgan fingerprint density at radius 3 is 2.59 bits per heavy atom. The molecule has 0 aliphatic rings. The van der Waals surface area contributed by atoms with Crippen LogP contribution < -0.4 is 4.74 Å². The summed E-state index contributed by atoms with van der Waals surface area (Å²) < 4.78 is 12.4. The number of hydrogen-bond donors (Lipinski definition) is 0. The van der Waals surface area contributed by atoms with Crippen molar-refractivity contribution >= 4 is 27.5 Å². The van der Waals surface area contributed by atoms with E-state index in [4.69, 9.17) is 21.1 Å². The smallest absolute Gasteiger partial charge is 0.119 e. The molecule has 2 aromatic rings. The van der Waals surface area contributed by atoms with Gasteiger partial charge in [0.25, 0.3) is 0 Å². The van der Waals surface area contributed by atoms with Gasteiger partial charge in [0.1, 0.15) is 11.9 Å². The molecular weight excluding hydrogens is 364 g/mol. The fourth-order valence-corrected chi connectivity index (χ4v) is 2.75. The van der Waals surface area contributed by atoms with Crippen LogP contribution in [0.25, 0.3) is 0 Å². The summed E-state index contributed by atoms with van der Waals surface area (Å²) in [5.74, 6) is 0.842. The molecule has 22 heavy (non-hydrogen) atoms. The van der Waals surface area contributed by atoms with Crippen molar-refractivity contribution in [1.82, 2.24) is 0 Å². The predicted molar refractivity (Wildman–Crippen MR) is 94.8 cm³/mol. The van der Waals surface area contributed by atoms with Gasteiger partial charge in [0, 0.05) is 15.1 Å². The van der Waals surface area contributed by atoms with E-state index in [2.05, 4.69) is 22.5 Å². The normalized spacial score (nSPS) is 12.0. The predicted octanol–water partition coefficient (Wildman–Crippen LogP) is 5.79. The molecule has 0 saturated heterocycles. The summed E-state index contributed by atoms with van der Waals surface area (Å²) >= 11 is 9.83. The maximum absolute atomic E-state index is 6.35. The Kier molecular flexibility index (Phi) is 6.49. The van der Waals surface area contributed by atoms with Gasteiger partial charge in [-0.15, -0.1) is 6.58 Å². The van der Waals surface area contributed by atoms with E-state index in [0.29, 0.717) is 18.2 Å². The molecule has 0 aromatic heterocycles. The third-order valence-corrected chi connectivity index (χ3v) is 3.95. The van der Waals surface area contributed by atoms with Crippen LogP contribution >= 0.6 is 27.5 Å². The minimum absolute atomic E-state index is 0.251. The second-order valence-electron chi connectivity index (χ2n) is 4.67. The summed E-state index contributed by atoms with van der Waals surface area (Å²) in [5, 5.41) is 0.672. The molecule has 0 amide bonds. The number of halogens is 2. The van der Waals surface area contributed by atoms with Crippen molar-refractivity contribution < 1.29 is 9.47 Å². The first-order valence-electron chi connectivity index (χ1n) is 7.06. The Labute approximate surface area is 144 Å². The van der Waals surface area contributed by atoms with Crippen LogP contribution in [0.2, 0.25) is 5.02 Å². The molecule has 1 atom stereocenters. The highest BCUT2D eigenvalue weighted by atomic mass is 79.9. The Morgan fingerprint density at radius 2 is 1.95 bits per heavy atom. The van der Waals surface area contributed by atoms with Gasteiger partial charge in [0.05, 0.1) is 13.2 Å². The summed E-state index contributed by atoms with van der Waals surface area (Å²) in [6.45, 7) is 6.77. The van der Waals surface area contributed by atoms with Crippen LogP contribution in [0.15, 0.2) is 59.6 Å². The van der Waals surface area contributed by atoms with Gasteiger partial charge in [-0.2, -0.15) is 0 Å².